The molecule has 0 radical (unpaired) electrons. The molecule has 0 aromatic carbocycles. The molecule has 3 heteroatoms. The first-order chi connectivity index (χ1) is 9.68. The zero-order chi connectivity index (χ0) is 15.5. The van der Waals surface area contributed by atoms with Crippen LogP contribution in [0.3, 0.4) is 0 Å². The Morgan fingerprint density at radius 2 is 1.05 bits per heavy atom. The topological polar surface area (TPSA) is 26.5 Å². The van der Waals surface area contributed by atoms with Crippen molar-refractivity contribution in [1.29, 1.82) is 0 Å². The average molecular weight is 360 g/mol. The van der Waals surface area contributed by atoms with Crippen molar-refractivity contribution >= 4 is 0 Å². The molecule has 0 spiro atoms. The molecule has 121 valence electrons. The van der Waals surface area contributed by atoms with Crippen molar-refractivity contribution in [2.75, 3.05) is 14.1 Å². The zero-order valence-corrected chi connectivity index (χ0v) is 16.3. The molecule has 0 aromatic rings. The summed E-state index contributed by atoms with van der Waals surface area (Å²) in [5.41, 5.74) is 0. The fourth-order valence-electron chi connectivity index (χ4n) is 1.80. The second-order valence-corrected chi connectivity index (χ2v) is 6.08. The summed E-state index contributed by atoms with van der Waals surface area (Å²) in [5.74, 6) is 0. The third-order valence-corrected chi connectivity index (χ3v) is 4.00. The SMILES string of the molecule is CC(C)[N]=[Nb].C[N-]C.[CH-]1CCCCC1.[CH-]1CCCCC1. The first-order valence-electron chi connectivity index (χ1n) is 8.14. The van der Waals surface area contributed by atoms with Crippen molar-refractivity contribution in [3.05, 3.63) is 18.2 Å². The Morgan fingerprint density at radius 1 is 0.800 bits per heavy atom. The van der Waals surface area contributed by atoms with E-state index in [1.165, 1.54) is 85.1 Å². The third-order valence-electron chi connectivity index (χ3n) is 2.86. The van der Waals surface area contributed by atoms with Crippen LogP contribution >= 0.6 is 0 Å². The number of rotatable bonds is 1. The Hall–Kier alpha value is 0.500. The largest absolute Gasteiger partial charge is 0.668 e. The van der Waals surface area contributed by atoms with Crippen LogP contribution in [0.15, 0.2) is 3.34 Å². The molecule has 2 rings (SSSR count). The summed E-state index contributed by atoms with van der Waals surface area (Å²) < 4.78 is 3.94. The third kappa shape index (κ3) is 26.9. The van der Waals surface area contributed by atoms with Gasteiger partial charge < -0.3 is 18.2 Å². The molecule has 0 atom stereocenters. The smallest absolute Gasteiger partial charge is 0.0582 e. The van der Waals surface area contributed by atoms with Crippen molar-refractivity contribution in [3.63, 3.8) is 0 Å². The molecule has 0 aromatic heterocycles. The zero-order valence-electron chi connectivity index (χ0n) is 14.1. The van der Waals surface area contributed by atoms with Gasteiger partial charge in [0.1, 0.15) is 0 Å². The predicted molar refractivity (Wildman–Crippen MR) is 87.5 cm³/mol. The maximum absolute atomic E-state index is 3.94. The molecule has 2 aliphatic rings. The van der Waals surface area contributed by atoms with Gasteiger partial charge in [-0.15, -0.1) is 0 Å². The fourth-order valence-corrected chi connectivity index (χ4v) is 1.80. The van der Waals surface area contributed by atoms with E-state index < -0.39 is 0 Å². The summed E-state index contributed by atoms with van der Waals surface area (Å²) in [6.45, 7) is 4.14. The van der Waals surface area contributed by atoms with Gasteiger partial charge in [0.2, 0.25) is 0 Å². The molecule has 0 saturated heterocycles. The Labute approximate surface area is 140 Å². The first kappa shape index (κ1) is 22.8. The van der Waals surface area contributed by atoms with Gasteiger partial charge in [-0.05, 0) is 0 Å². The van der Waals surface area contributed by atoms with E-state index in [-0.39, 0.29) is 0 Å². The molecule has 0 aliphatic heterocycles. The number of nitrogens with zero attached hydrogens (tertiary/aromatic N) is 2. The molecule has 2 fully saturated rings. The van der Waals surface area contributed by atoms with Gasteiger partial charge in [-0.2, -0.15) is 39.8 Å². The molecule has 0 N–H and O–H groups in total. The van der Waals surface area contributed by atoms with Crippen LogP contribution in [-0.2, 0) is 20.9 Å². The van der Waals surface area contributed by atoms with Crippen LogP contribution in [0.2, 0.25) is 0 Å². The second kappa shape index (κ2) is 21.8. The van der Waals surface area contributed by atoms with Crippen molar-refractivity contribution in [2.45, 2.75) is 84.1 Å². The Morgan fingerprint density at radius 3 is 1.10 bits per heavy atom. The minimum absolute atomic E-state index is 0.531. The van der Waals surface area contributed by atoms with E-state index in [0.717, 1.165) is 0 Å². The summed E-state index contributed by atoms with van der Waals surface area (Å²) in [5, 5.41) is 3.50. The second-order valence-electron chi connectivity index (χ2n) is 5.51. The van der Waals surface area contributed by atoms with E-state index in [2.05, 4.69) is 35.3 Å². The van der Waals surface area contributed by atoms with E-state index >= 15 is 0 Å². The van der Waals surface area contributed by atoms with Crippen molar-refractivity contribution < 1.29 is 20.9 Å². The van der Waals surface area contributed by atoms with Crippen molar-refractivity contribution in [3.8, 4) is 0 Å². The monoisotopic (exact) mass is 360 g/mol. The molecule has 0 bridgehead atoms. The molecule has 0 amide bonds. The minimum atomic E-state index is 0.531. The summed E-state index contributed by atoms with van der Waals surface area (Å²) in [6, 6.07) is 0.531. The van der Waals surface area contributed by atoms with Gasteiger partial charge in [0.15, 0.2) is 0 Å². The molecule has 2 saturated carbocycles. The van der Waals surface area contributed by atoms with E-state index in [0.29, 0.717) is 6.04 Å². The Balaban J connectivity index is 0. The van der Waals surface area contributed by atoms with Crippen LogP contribution in [0.25, 0.3) is 5.32 Å². The van der Waals surface area contributed by atoms with Gasteiger partial charge in [0.25, 0.3) is 0 Å². The van der Waals surface area contributed by atoms with E-state index in [4.69, 9.17) is 0 Å². The molecule has 2 aliphatic carbocycles. The number of hydrogen-bond acceptors (Lipinski definition) is 1. The minimum Gasteiger partial charge on any atom is -0.668 e. The van der Waals surface area contributed by atoms with Crippen LogP contribution in [0.4, 0.5) is 0 Å². The normalized spacial score (nSPS) is 17.4. The molecular formula is C17H35N2Nb-3. The first-order valence-corrected chi connectivity index (χ1v) is 9.12. The maximum atomic E-state index is 3.94. The van der Waals surface area contributed by atoms with Crippen LogP contribution in [0.1, 0.15) is 78.1 Å². The Kier molecular flexibility index (Phi) is 24.8. The van der Waals surface area contributed by atoms with Crippen LogP contribution in [0.5, 0.6) is 0 Å². The summed E-state index contributed by atoms with van der Waals surface area (Å²) >= 11 is 1.53. The molecular weight excluding hydrogens is 325 g/mol. The Bertz CT molecular complexity index is 129. The standard InChI is InChI=1S/2C6H11.C3H7N.C2H6N.Nb/c2*1-2-4-6-5-3-1;1-3(2)4;1-3-2;/h2*1H,2-6H2;3H,1-2H3;1-2H3;/q2*-1;;-1;. The van der Waals surface area contributed by atoms with Gasteiger partial charge in [0.05, 0.1) is 0 Å². The predicted octanol–water partition coefficient (Wildman–Crippen LogP) is 6.05. The fraction of sp³-hybridized carbons (Fsp3) is 0.882. The summed E-state index contributed by atoms with van der Waals surface area (Å²) in [6.07, 6.45) is 19.0. The summed E-state index contributed by atoms with van der Waals surface area (Å²) in [7, 11) is 3.50. The molecule has 20 heavy (non-hydrogen) atoms. The molecule has 0 heterocycles. The van der Waals surface area contributed by atoms with Gasteiger partial charge in [-0.25, -0.2) is 0 Å². The van der Waals surface area contributed by atoms with Gasteiger partial charge in [-0.3, -0.25) is 0 Å². The quantitative estimate of drug-likeness (QED) is 0.402. The van der Waals surface area contributed by atoms with E-state index in [1.807, 2.05) is 0 Å². The van der Waals surface area contributed by atoms with E-state index in [1.54, 1.807) is 14.1 Å². The van der Waals surface area contributed by atoms with Crippen molar-refractivity contribution in [1.82, 2.24) is 0 Å². The van der Waals surface area contributed by atoms with Gasteiger partial charge in [0, 0.05) is 0 Å². The van der Waals surface area contributed by atoms with E-state index in [9.17, 15) is 0 Å². The van der Waals surface area contributed by atoms with Crippen LogP contribution in [0, 0.1) is 12.8 Å². The number of hydrogen-bond donors (Lipinski definition) is 0. The van der Waals surface area contributed by atoms with Crippen LogP contribution < -0.4 is 0 Å². The molecule has 0 unspecified atom stereocenters. The molecule has 2 nitrogen and oxygen atoms in total. The van der Waals surface area contributed by atoms with Crippen LogP contribution in [-0.4, -0.2) is 20.1 Å². The maximum Gasteiger partial charge on any atom is -0.0582 e. The average Bonchev–Trinajstić information content (AvgIpc) is 2.53. The van der Waals surface area contributed by atoms with Gasteiger partial charge in [-0.1, -0.05) is 38.5 Å². The van der Waals surface area contributed by atoms with Gasteiger partial charge >= 0.3 is 44.1 Å². The summed E-state index contributed by atoms with van der Waals surface area (Å²) in [4.78, 5) is 0. The van der Waals surface area contributed by atoms with Crippen molar-refractivity contribution in [2.24, 2.45) is 3.34 Å².